The summed E-state index contributed by atoms with van der Waals surface area (Å²) in [6.07, 6.45) is 1.78. The van der Waals surface area contributed by atoms with Crippen LogP contribution in [0.5, 0.6) is 0 Å². The largest absolute Gasteiger partial charge is 0.465 e. The predicted molar refractivity (Wildman–Crippen MR) is 166 cm³/mol. The van der Waals surface area contributed by atoms with Gasteiger partial charge in [-0.25, -0.2) is 4.79 Å². The van der Waals surface area contributed by atoms with E-state index in [1.807, 2.05) is 75.4 Å². The minimum atomic E-state index is -0.399. The summed E-state index contributed by atoms with van der Waals surface area (Å²) in [6, 6.07) is 20.7. The molecule has 1 aliphatic rings. The van der Waals surface area contributed by atoms with Gasteiger partial charge in [-0.1, -0.05) is 18.2 Å². The molecule has 2 atom stereocenters. The van der Waals surface area contributed by atoms with E-state index in [0.29, 0.717) is 16.4 Å². The number of anilines is 2. The van der Waals surface area contributed by atoms with Gasteiger partial charge in [-0.2, -0.15) is 0 Å². The summed E-state index contributed by atoms with van der Waals surface area (Å²) in [6.45, 7) is 5.99. The fourth-order valence-electron chi connectivity index (χ4n) is 5.61. The van der Waals surface area contributed by atoms with E-state index in [1.165, 1.54) is 14.2 Å². The van der Waals surface area contributed by atoms with Crippen LogP contribution in [-0.2, 0) is 14.3 Å². The Hall–Kier alpha value is -4.54. The zero-order valence-corrected chi connectivity index (χ0v) is 25.0. The van der Waals surface area contributed by atoms with Gasteiger partial charge in [-0.05, 0) is 92.6 Å². The van der Waals surface area contributed by atoms with E-state index in [1.54, 1.807) is 12.3 Å². The van der Waals surface area contributed by atoms with Gasteiger partial charge in [-0.3, -0.25) is 9.78 Å². The molecule has 4 aromatic rings. The van der Waals surface area contributed by atoms with Crippen molar-refractivity contribution in [2.24, 2.45) is 0 Å². The van der Waals surface area contributed by atoms with Crippen LogP contribution in [0.1, 0.15) is 50.7 Å². The number of hydrogen-bond donors (Lipinski definition) is 2. The lowest BCUT2D eigenvalue weighted by atomic mass is 9.96. The van der Waals surface area contributed by atoms with Gasteiger partial charge in [0.1, 0.15) is 6.61 Å². The highest BCUT2D eigenvalue weighted by Gasteiger charge is 2.42. The molecule has 1 amide bonds. The van der Waals surface area contributed by atoms with Crippen molar-refractivity contribution < 1.29 is 19.1 Å². The van der Waals surface area contributed by atoms with Gasteiger partial charge in [0, 0.05) is 36.1 Å². The first-order chi connectivity index (χ1) is 20.2. The lowest BCUT2D eigenvalue weighted by molar-refractivity contribution is -0.119. The number of carbonyl (C=O) groups is 2. The van der Waals surface area contributed by atoms with Gasteiger partial charge in [-0.15, -0.1) is 0 Å². The standard InChI is InChI=1S/C32H33N5O4S/c1-19-16-22(13-14-25(19)34-28(38)18-40-4)37-30(29(35-32(37)42)26-11-8-9-15-33-26)24-17-20(2)36(21(24)3)27-12-7-6-10-23(27)31(39)41-5/h6-17,29-30H,18H2,1-5H3,(H,34,38)(H,35,42)/t29-,30+/m0/s1. The molecule has 0 spiro atoms. The number of aryl methyl sites for hydroxylation is 2. The molecule has 1 saturated heterocycles. The maximum atomic E-state index is 12.7. The van der Waals surface area contributed by atoms with E-state index in [9.17, 15) is 9.59 Å². The number of thiocarbonyl (C=S) groups is 1. The molecule has 42 heavy (non-hydrogen) atoms. The Morgan fingerprint density at radius 2 is 1.79 bits per heavy atom. The van der Waals surface area contributed by atoms with Crippen LogP contribution in [0.25, 0.3) is 5.69 Å². The van der Waals surface area contributed by atoms with Crippen molar-refractivity contribution >= 4 is 40.6 Å². The average Bonchev–Trinajstić information content (AvgIpc) is 3.48. The first kappa shape index (κ1) is 29.0. The second-order valence-electron chi connectivity index (χ2n) is 10.1. The number of methoxy groups -OCH3 is 2. The Balaban J connectivity index is 1.63. The number of carbonyl (C=O) groups excluding carboxylic acids is 2. The normalized spacial score (nSPS) is 16.3. The number of para-hydroxylation sites is 1. The molecule has 5 rings (SSSR count). The van der Waals surface area contributed by atoms with Gasteiger partial charge in [0.05, 0.1) is 36.1 Å². The van der Waals surface area contributed by atoms with Crippen LogP contribution in [0, 0.1) is 20.8 Å². The third kappa shape index (κ3) is 5.38. The van der Waals surface area contributed by atoms with Gasteiger partial charge in [0.25, 0.3) is 0 Å². The summed E-state index contributed by atoms with van der Waals surface area (Å²) >= 11 is 5.94. The smallest absolute Gasteiger partial charge is 0.339 e. The fourth-order valence-corrected chi connectivity index (χ4v) is 5.96. The van der Waals surface area contributed by atoms with Crippen LogP contribution < -0.4 is 15.5 Å². The van der Waals surface area contributed by atoms with Crippen LogP contribution >= 0.6 is 12.2 Å². The molecule has 10 heteroatoms. The number of nitrogens with zero attached hydrogens (tertiary/aromatic N) is 3. The van der Waals surface area contributed by atoms with Crippen molar-refractivity contribution in [3.05, 3.63) is 107 Å². The number of amides is 1. The fraction of sp³-hybridized carbons (Fsp3) is 0.250. The van der Waals surface area contributed by atoms with Crippen molar-refractivity contribution in [2.45, 2.75) is 32.9 Å². The second-order valence-corrected chi connectivity index (χ2v) is 10.5. The van der Waals surface area contributed by atoms with Crippen LogP contribution in [0.15, 0.2) is 72.9 Å². The lowest BCUT2D eigenvalue weighted by Crippen LogP contribution is -2.29. The number of rotatable bonds is 8. The van der Waals surface area contributed by atoms with Crippen LogP contribution in [0.2, 0.25) is 0 Å². The van der Waals surface area contributed by atoms with E-state index in [2.05, 4.69) is 31.2 Å². The number of nitrogens with one attached hydrogen (secondary N) is 2. The summed E-state index contributed by atoms with van der Waals surface area (Å²) in [5.41, 5.74) is 7.50. The van der Waals surface area contributed by atoms with Crippen molar-refractivity contribution in [2.75, 3.05) is 31.0 Å². The summed E-state index contributed by atoms with van der Waals surface area (Å²) in [5.74, 6) is -0.621. The second kappa shape index (κ2) is 12.1. The first-order valence-corrected chi connectivity index (χ1v) is 13.9. The Morgan fingerprint density at radius 3 is 2.48 bits per heavy atom. The van der Waals surface area contributed by atoms with Crippen LogP contribution in [0.4, 0.5) is 11.4 Å². The van der Waals surface area contributed by atoms with Gasteiger partial charge >= 0.3 is 5.97 Å². The number of benzene rings is 2. The molecular weight excluding hydrogens is 550 g/mol. The van der Waals surface area contributed by atoms with Crippen molar-refractivity contribution in [3.63, 3.8) is 0 Å². The summed E-state index contributed by atoms with van der Waals surface area (Å²) in [4.78, 5) is 31.6. The Bertz CT molecular complexity index is 1650. The average molecular weight is 584 g/mol. The summed E-state index contributed by atoms with van der Waals surface area (Å²) in [7, 11) is 2.87. The molecule has 2 N–H and O–H groups in total. The molecule has 2 aromatic carbocycles. The molecular formula is C32H33N5O4S. The number of hydrogen-bond acceptors (Lipinski definition) is 6. The number of esters is 1. The highest BCUT2D eigenvalue weighted by atomic mass is 32.1. The molecule has 9 nitrogen and oxygen atoms in total. The highest BCUT2D eigenvalue weighted by Crippen LogP contribution is 2.44. The molecule has 0 radical (unpaired) electrons. The van der Waals surface area contributed by atoms with Crippen LogP contribution in [0.3, 0.4) is 0 Å². The van der Waals surface area contributed by atoms with Crippen molar-refractivity contribution in [3.8, 4) is 5.69 Å². The number of pyridine rings is 1. The number of ether oxygens (including phenoxy) is 2. The molecule has 0 bridgehead atoms. The third-order valence-electron chi connectivity index (χ3n) is 7.47. The van der Waals surface area contributed by atoms with Crippen molar-refractivity contribution in [1.82, 2.24) is 14.9 Å². The predicted octanol–water partition coefficient (Wildman–Crippen LogP) is 5.35. The summed E-state index contributed by atoms with van der Waals surface area (Å²) in [5, 5.41) is 6.96. The van der Waals surface area contributed by atoms with Gasteiger partial charge in [0.2, 0.25) is 5.91 Å². The monoisotopic (exact) mass is 583 g/mol. The van der Waals surface area contributed by atoms with E-state index in [4.69, 9.17) is 21.7 Å². The lowest BCUT2D eigenvalue weighted by Gasteiger charge is -2.29. The third-order valence-corrected chi connectivity index (χ3v) is 7.79. The van der Waals surface area contributed by atoms with Crippen molar-refractivity contribution in [1.29, 1.82) is 0 Å². The van der Waals surface area contributed by atoms with Gasteiger partial charge < -0.3 is 29.6 Å². The molecule has 2 aromatic heterocycles. The van der Waals surface area contributed by atoms with Crippen LogP contribution in [-0.4, -0.2) is 47.4 Å². The number of aromatic nitrogens is 2. The molecule has 0 unspecified atom stereocenters. The maximum Gasteiger partial charge on any atom is 0.339 e. The minimum absolute atomic E-state index is 0.0239. The molecule has 0 saturated carbocycles. The zero-order valence-electron chi connectivity index (χ0n) is 24.2. The van der Waals surface area contributed by atoms with E-state index in [-0.39, 0.29) is 24.6 Å². The zero-order chi connectivity index (χ0) is 30.0. The highest BCUT2D eigenvalue weighted by molar-refractivity contribution is 7.80. The maximum absolute atomic E-state index is 12.7. The minimum Gasteiger partial charge on any atom is -0.465 e. The topological polar surface area (TPSA) is 97.7 Å². The quantitative estimate of drug-likeness (QED) is 0.212. The molecule has 216 valence electrons. The SMILES string of the molecule is COCC(=O)Nc1ccc(N2C(=S)N[C@@H](c3ccccn3)[C@H]2c2cc(C)n(-c3ccccc3C(=O)OC)c2C)cc1C. The first-order valence-electron chi connectivity index (χ1n) is 13.5. The van der Waals surface area contributed by atoms with Gasteiger partial charge in [0.15, 0.2) is 5.11 Å². The van der Waals surface area contributed by atoms with E-state index < -0.39 is 5.97 Å². The Labute approximate surface area is 250 Å². The summed E-state index contributed by atoms with van der Waals surface area (Å²) < 4.78 is 12.1. The molecule has 1 aliphatic heterocycles. The van der Waals surface area contributed by atoms with E-state index >= 15 is 0 Å². The van der Waals surface area contributed by atoms with E-state index in [0.717, 1.165) is 39.6 Å². The Morgan fingerprint density at radius 1 is 1.02 bits per heavy atom. The molecule has 0 aliphatic carbocycles. The molecule has 1 fully saturated rings. The Kier molecular flexibility index (Phi) is 8.37. The molecule has 3 heterocycles.